The van der Waals surface area contributed by atoms with Gasteiger partial charge in [-0.15, -0.1) is 0 Å². The van der Waals surface area contributed by atoms with Crippen LogP contribution in [0.4, 0.5) is 0 Å². The van der Waals surface area contributed by atoms with Crippen molar-refractivity contribution in [1.82, 2.24) is 5.32 Å². The van der Waals surface area contributed by atoms with Crippen LogP contribution in [0.2, 0.25) is 6.55 Å². The van der Waals surface area contributed by atoms with Crippen molar-refractivity contribution in [3.8, 4) is 0 Å². The third-order valence-electron chi connectivity index (χ3n) is 1.41. The first kappa shape index (κ1) is 11.6. The van der Waals surface area contributed by atoms with Gasteiger partial charge in [-0.1, -0.05) is 6.55 Å². The van der Waals surface area contributed by atoms with Gasteiger partial charge in [0, 0.05) is 13.0 Å². The van der Waals surface area contributed by atoms with Crippen LogP contribution < -0.4 is 5.32 Å². The highest BCUT2D eigenvalue weighted by atomic mass is 28.2. The first-order valence-electron chi connectivity index (χ1n) is 3.86. The first-order valence-corrected chi connectivity index (χ1v) is 5.91. The van der Waals surface area contributed by atoms with Gasteiger partial charge in [0.15, 0.2) is 9.76 Å². The second-order valence-corrected chi connectivity index (χ2v) is 3.14. The molecule has 0 amide bonds. The van der Waals surface area contributed by atoms with Crippen LogP contribution in [0.15, 0.2) is 0 Å². The van der Waals surface area contributed by atoms with E-state index in [1.54, 1.807) is 0 Å². The number of aliphatic carboxylic acids is 1. The van der Waals surface area contributed by atoms with Crippen molar-refractivity contribution in [1.29, 1.82) is 0 Å². The fourth-order valence-corrected chi connectivity index (χ4v) is 0.905. The molecule has 12 heavy (non-hydrogen) atoms. The van der Waals surface area contributed by atoms with E-state index in [0.29, 0.717) is 13.0 Å². The van der Waals surface area contributed by atoms with Crippen LogP contribution in [-0.2, 0) is 4.79 Å². The molecule has 0 spiro atoms. The Morgan fingerprint density at radius 1 is 1.67 bits per heavy atom. The second-order valence-electron chi connectivity index (χ2n) is 2.50. The Hall–Kier alpha value is -0.433. The van der Waals surface area contributed by atoms with Gasteiger partial charge in [-0.05, 0) is 0 Å². The van der Waals surface area contributed by atoms with E-state index in [4.69, 9.17) is 15.0 Å². The van der Waals surface area contributed by atoms with Gasteiger partial charge < -0.3 is 20.3 Å². The average molecular weight is 193 g/mol. The van der Waals surface area contributed by atoms with E-state index < -0.39 is 27.9 Å². The molecular weight excluding hydrogens is 178 g/mol. The zero-order valence-corrected chi connectivity index (χ0v) is 8.44. The Morgan fingerprint density at radius 3 is 2.33 bits per heavy atom. The quantitative estimate of drug-likeness (QED) is 0.358. The van der Waals surface area contributed by atoms with Gasteiger partial charge in [0.05, 0.1) is 6.10 Å². The number of rotatable bonds is 1. The maximum atomic E-state index is 10.2. The molecule has 0 aromatic carbocycles. The van der Waals surface area contributed by atoms with E-state index in [2.05, 4.69) is 5.32 Å². The lowest BCUT2D eigenvalue weighted by Gasteiger charge is -1.99. The zero-order chi connectivity index (χ0) is 9.56. The van der Waals surface area contributed by atoms with Crippen LogP contribution in [0, 0.1) is 0 Å². The Labute approximate surface area is 73.4 Å². The molecule has 1 aliphatic heterocycles. The summed E-state index contributed by atoms with van der Waals surface area (Å²) in [5, 5.41) is 19.8. The lowest BCUT2D eigenvalue weighted by Crippen LogP contribution is -2.29. The van der Waals surface area contributed by atoms with Crippen molar-refractivity contribution in [2.75, 3.05) is 6.54 Å². The van der Waals surface area contributed by atoms with Gasteiger partial charge in [-0.2, -0.15) is 0 Å². The van der Waals surface area contributed by atoms with Crippen LogP contribution in [-0.4, -0.2) is 49.4 Å². The van der Waals surface area contributed by atoms with Crippen molar-refractivity contribution in [3.05, 3.63) is 0 Å². The minimum absolute atomic E-state index is 0.329. The van der Waals surface area contributed by atoms with Crippen LogP contribution >= 0.6 is 0 Å². The summed E-state index contributed by atoms with van der Waals surface area (Å²) in [5.41, 5.74) is 0. The van der Waals surface area contributed by atoms with Crippen LogP contribution in [0.5, 0.6) is 0 Å². The Bertz CT molecular complexity index is 144. The summed E-state index contributed by atoms with van der Waals surface area (Å²) < 4.78 is 0. The highest BCUT2D eigenvalue weighted by Crippen LogP contribution is 2.05. The van der Waals surface area contributed by atoms with Gasteiger partial charge in [0.25, 0.3) is 0 Å². The number of aliphatic hydroxyl groups excluding tert-OH is 1. The average Bonchev–Trinajstić information content (AvgIpc) is 2.37. The molecule has 1 fully saturated rings. The number of carbonyl (C=O) groups is 1. The zero-order valence-electron chi connectivity index (χ0n) is 7.03. The summed E-state index contributed by atoms with van der Waals surface area (Å²) in [4.78, 5) is 17.9. The highest BCUT2D eigenvalue weighted by Gasteiger charge is 2.27. The predicted octanol–water partition coefficient (Wildman–Crippen LogP) is -2.10. The minimum atomic E-state index is -0.883. The summed E-state index contributed by atoms with van der Waals surface area (Å²) in [7, 11) is -0.583. The first-order chi connectivity index (χ1) is 5.61. The fourth-order valence-electron chi connectivity index (χ4n) is 0.905. The number of aliphatic hydroxyl groups is 1. The number of carboxylic acids is 1. The molecule has 4 N–H and O–H groups in total. The van der Waals surface area contributed by atoms with Crippen LogP contribution in [0.3, 0.4) is 0 Å². The summed E-state index contributed by atoms with van der Waals surface area (Å²) in [6.45, 7) is 2.22. The number of hydrogen-bond acceptors (Lipinski definition) is 4. The van der Waals surface area contributed by atoms with Crippen LogP contribution in [0.1, 0.15) is 6.42 Å². The molecule has 0 aliphatic carbocycles. The van der Waals surface area contributed by atoms with Gasteiger partial charge in [0.2, 0.25) is 0 Å². The molecule has 1 aliphatic rings. The third-order valence-corrected chi connectivity index (χ3v) is 1.41. The lowest BCUT2D eigenvalue weighted by atomic mass is 10.2. The molecule has 0 bridgehead atoms. The normalized spacial score (nSPS) is 28.6. The second kappa shape index (κ2) is 6.12. The molecule has 1 saturated heterocycles. The van der Waals surface area contributed by atoms with Gasteiger partial charge in [-0.3, -0.25) is 4.79 Å². The summed E-state index contributed by atoms with van der Waals surface area (Å²) >= 11 is 0. The van der Waals surface area contributed by atoms with E-state index >= 15 is 0 Å². The maximum absolute atomic E-state index is 10.2. The largest absolute Gasteiger partial charge is 0.480 e. The van der Waals surface area contributed by atoms with Gasteiger partial charge >= 0.3 is 5.97 Å². The smallest absolute Gasteiger partial charge is 0.320 e. The van der Waals surface area contributed by atoms with Crippen LogP contribution in [0.25, 0.3) is 0 Å². The molecule has 6 heteroatoms. The molecular formula is C6H15NO4Si. The molecule has 5 nitrogen and oxygen atoms in total. The van der Waals surface area contributed by atoms with E-state index in [0.717, 1.165) is 0 Å². The molecule has 2 atom stereocenters. The number of β-amino-alcohol motifs (C(OH)–C–C–N with tert-alkyl or cyclic N) is 1. The van der Waals surface area contributed by atoms with Crippen molar-refractivity contribution < 1.29 is 19.8 Å². The number of nitrogens with one attached hydrogen (secondary N) is 1. The van der Waals surface area contributed by atoms with E-state index in [1.807, 2.05) is 6.55 Å². The van der Waals surface area contributed by atoms with E-state index in [-0.39, 0.29) is 0 Å². The molecule has 1 heterocycles. The van der Waals surface area contributed by atoms with Crippen molar-refractivity contribution in [2.24, 2.45) is 0 Å². The molecule has 72 valence electrons. The molecule has 0 saturated carbocycles. The summed E-state index contributed by atoms with van der Waals surface area (Å²) in [5.74, 6) is -0.883. The summed E-state index contributed by atoms with van der Waals surface area (Å²) in [6, 6.07) is -0.542. The fraction of sp³-hybridized carbons (Fsp3) is 0.833. The monoisotopic (exact) mass is 193 g/mol. The van der Waals surface area contributed by atoms with E-state index in [1.165, 1.54) is 0 Å². The molecule has 1 rings (SSSR count). The Morgan fingerprint density at radius 2 is 2.17 bits per heavy atom. The minimum Gasteiger partial charge on any atom is -0.480 e. The van der Waals surface area contributed by atoms with E-state index in [9.17, 15) is 4.79 Å². The summed E-state index contributed by atoms with van der Waals surface area (Å²) in [6.07, 6.45) is -0.152. The standard InChI is InChI=1S/C5H9NO3.CH6OSi/c7-3-1-4(5(8)9)6-2-3;1-3-2/h3-4,6-7H,1-2H2,(H,8,9);2H,3H2,1H3/t3-,4+;/m1./s1. The number of carboxylic acid groups (broad SMARTS) is 1. The third kappa shape index (κ3) is 4.45. The highest BCUT2D eigenvalue weighted by molar-refractivity contribution is 6.22. The van der Waals surface area contributed by atoms with Crippen molar-refractivity contribution >= 4 is 15.7 Å². The van der Waals surface area contributed by atoms with Crippen molar-refractivity contribution in [2.45, 2.75) is 25.1 Å². The SMILES string of the molecule is C[SiH2]O.O=C(O)[C@@H]1C[C@@H](O)CN1. The molecule has 0 radical (unpaired) electrons. The molecule has 0 aromatic heterocycles. The predicted molar refractivity (Wildman–Crippen MR) is 46.7 cm³/mol. The Balaban J connectivity index is 0.000000354. The Kier molecular flexibility index (Phi) is 5.90. The van der Waals surface area contributed by atoms with Gasteiger partial charge in [0.1, 0.15) is 6.04 Å². The molecule has 0 aromatic rings. The lowest BCUT2D eigenvalue weighted by molar-refractivity contribution is -0.139. The maximum Gasteiger partial charge on any atom is 0.320 e. The number of hydrogen-bond donors (Lipinski definition) is 4. The molecule has 0 unspecified atom stereocenters. The van der Waals surface area contributed by atoms with Crippen molar-refractivity contribution in [3.63, 3.8) is 0 Å². The van der Waals surface area contributed by atoms with Gasteiger partial charge in [-0.25, -0.2) is 0 Å². The topological polar surface area (TPSA) is 89.8 Å².